The molecule has 1 aromatic heterocycles. The molecule has 2 aromatic rings. The average Bonchev–Trinajstić information content (AvgIpc) is 3.04. The van der Waals surface area contributed by atoms with Crippen LogP contribution in [0.15, 0.2) is 18.2 Å². The number of benzene rings is 1. The average molecular weight is 382 g/mol. The predicted octanol–water partition coefficient (Wildman–Crippen LogP) is -0.0894. The Morgan fingerprint density at radius 3 is 2.63 bits per heavy atom. The Bertz CT molecular complexity index is 741. The first kappa shape index (κ1) is 20.9. The Hall–Kier alpha value is -2.44. The van der Waals surface area contributed by atoms with Gasteiger partial charge in [-0.3, -0.25) is 4.79 Å². The fourth-order valence-corrected chi connectivity index (χ4v) is 2.52. The zero-order valence-electron chi connectivity index (χ0n) is 14.6. The van der Waals surface area contributed by atoms with Gasteiger partial charge in [0.1, 0.15) is 18.2 Å². The molecule has 1 amide bonds. The van der Waals surface area contributed by atoms with Crippen molar-refractivity contribution < 1.29 is 23.6 Å². The van der Waals surface area contributed by atoms with Gasteiger partial charge in [0.15, 0.2) is 5.82 Å². The van der Waals surface area contributed by atoms with E-state index in [1.807, 2.05) is 0 Å². The van der Waals surface area contributed by atoms with Gasteiger partial charge in [0.25, 0.3) is 0 Å². The van der Waals surface area contributed by atoms with Gasteiger partial charge in [-0.05, 0) is 40.9 Å². The normalized spacial score (nSPS) is 12.0. The zero-order valence-corrected chi connectivity index (χ0v) is 14.6. The summed E-state index contributed by atoms with van der Waals surface area (Å²) in [5.41, 5.74) is 6.32. The van der Waals surface area contributed by atoms with E-state index in [1.54, 1.807) is 0 Å². The number of carbonyl (C=O) groups excluding carboxylic acids is 1. The third-order valence-corrected chi connectivity index (χ3v) is 3.82. The largest absolute Gasteiger partial charge is 0.451 e. The highest BCUT2D eigenvalue weighted by molar-refractivity contribution is 6.40. The summed E-state index contributed by atoms with van der Waals surface area (Å²) in [4.78, 5) is 12.1. The standard InChI is InChI=1S/C15H21BF2N6O3/c17-11-5-10(6-12(18)7-11)8-20-14(25)9-24-15(21-22-23-24)13(19)3-1-2-4-16(26)27/h5-7,13,26-27H,1-4,8-9,19H2,(H,20,25). The Morgan fingerprint density at radius 1 is 1.26 bits per heavy atom. The lowest BCUT2D eigenvalue weighted by Crippen LogP contribution is -2.29. The lowest BCUT2D eigenvalue weighted by atomic mass is 9.83. The van der Waals surface area contributed by atoms with Crippen molar-refractivity contribution in [3.8, 4) is 0 Å². The predicted molar refractivity (Wildman–Crippen MR) is 91.8 cm³/mol. The lowest BCUT2D eigenvalue weighted by Gasteiger charge is -2.12. The molecule has 1 aromatic carbocycles. The first-order valence-electron chi connectivity index (χ1n) is 8.44. The first-order valence-corrected chi connectivity index (χ1v) is 8.44. The van der Waals surface area contributed by atoms with Crippen molar-refractivity contribution in [2.24, 2.45) is 5.73 Å². The van der Waals surface area contributed by atoms with Crippen molar-refractivity contribution >= 4 is 13.0 Å². The van der Waals surface area contributed by atoms with Gasteiger partial charge in [-0.2, -0.15) is 0 Å². The molecule has 0 saturated carbocycles. The minimum Gasteiger partial charge on any atom is -0.427 e. The molecule has 5 N–H and O–H groups in total. The number of tetrazole rings is 1. The lowest BCUT2D eigenvalue weighted by molar-refractivity contribution is -0.122. The summed E-state index contributed by atoms with van der Waals surface area (Å²) in [6.07, 6.45) is 1.98. The minimum atomic E-state index is -1.35. The van der Waals surface area contributed by atoms with Crippen molar-refractivity contribution in [1.29, 1.82) is 0 Å². The van der Waals surface area contributed by atoms with Crippen LogP contribution in [0.3, 0.4) is 0 Å². The number of carbonyl (C=O) groups is 1. The van der Waals surface area contributed by atoms with Gasteiger partial charge in [-0.1, -0.05) is 12.8 Å². The quantitative estimate of drug-likeness (QED) is 0.333. The molecule has 9 nitrogen and oxygen atoms in total. The van der Waals surface area contributed by atoms with Crippen LogP contribution in [0.1, 0.15) is 36.7 Å². The fourth-order valence-electron chi connectivity index (χ4n) is 2.52. The SMILES string of the molecule is NC(CCCCB(O)O)c1nnnn1CC(=O)NCc1cc(F)cc(F)c1. The number of aromatic nitrogens is 4. The number of hydrogen-bond acceptors (Lipinski definition) is 7. The van der Waals surface area contributed by atoms with Gasteiger partial charge in [-0.15, -0.1) is 5.10 Å². The van der Waals surface area contributed by atoms with Crippen LogP contribution in [0.2, 0.25) is 6.32 Å². The van der Waals surface area contributed by atoms with Crippen molar-refractivity contribution in [3.63, 3.8) is 0 Å². The monoisotopic (exact) mass is 382 g/mol. The molecule has 146 valence electrons. The number of unbranched alkanes of at least 4 members (excludes halogenated alkanes) is 1. The summed E-state index contributed by atoms with van der Waals surface area (Å²) in [6.45, 7) is -0.232. The minimum absolute atomic E-state index is 0.0412. The second-order valence-corrected chi connectivity index (χ2v) is 6.12. The second kappa shape index (κ2) is 10.0. The Morgan fingerprint density at radius 2 is 1.96 bits per heavy atom. The summed E-state index contributed by atoms with van der Waals surface area (Å²) < 4.78 is 27.5. The number of nitrogens with zero attached hydrogens (tertiary/aromatic N) is 4. The highest BCUT2D eigenvalue weighted by Gasteiger charge is 2.17. The number of nitrogens with two attached hydrogens (primary N) is 1. The van der Waals surface area contributed by atoms with Crippen LogP contribution >= 0.6 is 0 Å². The molecule has 1 unspecified atom stereocenters. The van der Waals surface area contributed by atoms with Crippen LogP contribution < -0.4 is 11.1 Å². The maximum atomic E-state index is 13.1. The molecule has 0 fully saturated rings. The molecule has 27 heavy (non-hydrogen) atoms. The summed E-state index contributed by atoms with van der Waals surface area (Å²) >= 11 is 0. The van der Waals surface area contributed by atoms with Gasteiger partial charge in [0.05, 0.1) is 6.04 Å². The van der Waals surface area contributed by atoms with Crippen LogP contribution in [-0.2, 0) is 17.9 Å². The highest BCUT2D eigenvalue weighted by Crippen LogP contribution is 2.15. The summed E-state index contributed by atoms with van der Waals surface area (Å²) in [5.74, 6) is -1.56. The molecule has 1 atom stereocenters. The van der Waals surface area contributed by atoms with E-state index in [1.165, 1.54) is 4.68 Å². The van der Waals surface area contributed by atoms with Crippen LogP contribution in [0.25, 0.3) is 0 Å². The van der Waals surface area contributed by atoms with E-state index < -0.39 is 30.7 Å². The Balaban J connectivity index is 1.84. The third kappa shape index (κ3) is 7.00. The van der Waals surface area contributed by atoms with E-state index in [-0.39, 0.29) is 19.4 Å². The molecule has 0 spiro atoms. The smallest absolute Gasteiger partial charge is 0.427 e. The number of hydrogen-bond donors (Lipinski definition) is 4. The topological polar surface area (TPSA) is 139 Å². The van der Waals surface area contributed by atoms with Crippen molar-refractivity contribution in [1.82, 2.24) is 25.5 Å². The maximum Gasteiger partial charge on any atom is 0.451 e. The van der Waals surface area contributed by atoms with Gasteiger partial charge in [-0.25, -0.2) is 13.5 Å². The van der Waals surface area contributed by atoms with E-state index in [0.29, 0.717) is 30.7 Å². The number of amides is 1. The molecule has 0 aliphatic rings. The highest BCUT2D eigenvalue weighted by atomic mass is 19.1. The molecule has 0 saturated heterocycles. The molecule has 1 heterocycles. The van der Waals surface area contributed by atoms with E-state index in [4.69, 9.17) is 15.8 Å². The van der Waals surface area contributed by atoms with Gasteiger partial charge in [0, 0.05) is 12.6 Å². The molecule has 0 bridgehead atoms. The van der Waals surface area contributed by atoms with E-state index in [9.17, 15) is 13.6 Å². The van der Waals surface area contributed by atoms with Crippen LogP contribution in [0.5, 0.6) is 0 Å². The van der Waals surface area contributed by atoms with Crippen molar-refractivity contribution in [3.05, 3.63) is 41.2 Å². The second-order valence-electron chi connectivity index (χ2n) is 6.12. The van der Waals surface area contributed by atoms with Crippen LogP contribution in [0, 0.1) is 11.6 Å². The third-order valence-electron chi connectivity index (χ3n) is 3.82. The fraction of sp³-hybridized carbons (Fsp3) is 0.467. The Kier molecular flexibility index (Phi) is 7.76. The summed E-state index contributed by atoms with van der Waals surface area (Å²) in [5, 5.41) is 31.2. The van der Waals surface area contributed by atoms with Crippen molar-refractivity contribution in [2.45, 2.75) is 44.7 Å². The molecular weight excluding hydrogens is 361 g/mol. The molecule has 0 radical (unpaired) electrons. The summed E-state index contributed by atoms with van der Waals surface area (Å²) in [6, 6.07) is 2.50. The zero-order chi connectivity index (χ0) is 19.8. The van der Waals surface area contributed by atoms with Crippen LogP contribution in [0.4, 0.5) is 8.78 Å². The summed E-state index contributed by atoms with van der Waals surface area (Å²) in [7, 11) is -1.35. The number of nitrogens with one attached hydrogen (secondary N) is 1. The van der Waals surface area contributed by atoms with Gasteiger partial charge >= 0.3 is 7.12 Å². The maximum absolute atomic E-state index is 13.1. The van der Waals surface area contributed by atoms with E-state index >= 15 is 0 Å². The molecule has 12 heteroatoms. The molecular formula is C15H21BF2N6O3. The van der Waals surface area contributed by atoms with Crippen molar-refractivity contribution in [2.75, 3.05) is 0 Å². The number of halogens is 2. The molecule has 0 aliphatic carbocycles. The van der Waals surface area contributed by atoms with Gasteiger partial charge in [0.2, 0.25) is 5.91 Å². The van der Waals surface area contributed by atoms with Gasteiger partial charge < -0.3 is 21.1 Å². The molecule has 2 rings (SSSR count). The van der Waals surface area contributed by atoms with E-state index in [0.717, 1.165) is 18.2 Å². The van der Waals surface area contributed by atoms with E-state index in [2.05, 4.69) is 20.8 Å². The number of rotatable bonds is 10. The molecule has 0 aliphatic heterocycles. The van der Waals surface area contributed by atoms with Crippen LogP contribution in [-0.4, -0.2) is 43.3 Å². The Labute approximate surface area is 154 Å². The first-order chi connectivity index (χ1) is 12.8.